The van der Waals surface area contributed by atoms with Gasteiger partial charge in [-0.1, -0.05) is 72.8 Å². The normalized spacial score (nSPS) is 11.2. The highest BCUT2D eigenvalue weighted by molar-refractivity contribution is 5.98. The number of primary amides is 1. The van der Waals surface area contributed by atoms with Gasteiger partial charge in [-0.15, -0.1) is 0 Å². The molecular formula is C36H31N3O5. The second-order valence-corrected chi connectivity index (χ2v) is 9.97. The van der Waals surface area contributed by atoms with E-state index < -0.39 is 23.8 Å². The maximum absolute atomic E-state index is 13.5. The lowest BCUT2D eigenvalue weighted by Gasteiger charge is -2.20. The Morgan fingerprint density at radius 2 is 1.18 bits per heavy atom. The number of carbonyl (C=O) groups excluding carboxylic acids is 3. The number of ether oxygens (including phenoxy) is 2. The van der Waals surface area contributed by atoms with Gasteiger partial charge in [-0.25, -0.2) is 0 Å². The highest BCUT2D eigenvalue weighted by atomic mass is 16.5. The van der Waals surface area contributed by atoms with Gasteiger partial charge in [-0.3, -0.25) is 14.4 Å². The summed E-state index contributed by atoms with van der Waals surface area (Å²) in [4.78, 5) is 38.1. The molecule has 8 nitrogen and oxygen atoms in total. The van der Waals surface area contributed by atoms with Gasteiger partial charge in [0, 0.05) is 17.7 Å². The first-order valence-corrected chi connectivity index (χ1v) is 14.0. The average molecular weight is 586 g/mol. The monoisotopic (exact) mass is 585 g/mol. The van der Waals surface area contributed by atoms with E-state index in [0.29, 0.717) is 40.5 Å². The molecule has 0 aliphatic carbocycles. The summed E-state index contributed by atoms with van der Waals surface area (Å²) in [6.45, 7) is 0.591. The number of hydrogen-bond donors (Lipinski definition) is 3. The number of para-hydroxylation sites is 1. The van der Waals surface area contributed by atoms with Crippen molar-refractivity contribution in [3.8, 4) is 17.2 Å². The van der Waals surface area contributed by atoms with Gasteiger partial charge in [0.15, 0.2) is 0 Å². The first-order chi connectivity index (χ1) is 21.4. The summed E-state index contributed by atoms with van der Waals surface area (Å²) in [6, 6.07) is 38.5. The maximum atomic E-state index is 13.5. The van der Waals surface area contributed by atoms with Crippen molar-refractivity contribution in [1.82, 2.24) is 10.6 Å². The van der Waals surface area contributed by atoms with E-state index in [4.69, 9.17) is 15.2 Å². The summed E-state index contributed by atoms with van der Waals surface area (Å²) in [6.07, 6.45) is 0. The maximum Gasteiger partial charge on any atom is 0.252 e. The molecule has 4 N–H and O–H groups in total. The molecule has 0 unspecified atom stereocenters. The van der Waals surface area contributed by atoms with Crippen LogP contribution in [0.1, 0.15) is 43.4 Å². The minimum Gasteiger partial charge on any atom is -0.489 e. The molecule has 5 aromatic rings. The molecule has 0 radical (unpaired) electrons. The van der Waals surface area contributed by atoms with E-state index in [1.807, 2.05) is 60.7 Å². The zero-order valence-corrected chi connectivity index (χ0v) is 23.8. The second-order valence-electron chi connectivity index (χ2n) is 9.97. The number of hydrogen-bond acceptors (Lipinski definition) is 5. The molecule has 0 aliphatic rings. The van der Waals surface area contributed by atoms with Crippen LogP contribution in [0.25, 0.3) is 0 Å². The fraction of sp³-hybridized carbons (Fsp3) is 0.0833. The van der Waals surface area contributed by atoms with E-state index in [0.717, 1.165) is 11.1 Å². The van der Waals surface area contributed by atoms with E-state index in [9.17, 15) is 14.4 Å². The van der Waals surface area contributed by atoms with Crippen molar-refractivity contribution in [2.24, 2.45) is 5.73 Å². The molecule has 0 spiro atoms. The molecule has 0 heterocycles. The lowest BCUT2D eigenvalue weighted by Crippen LogP contribution is -2.40. The second kappa shape index (κ2) is 14.3. The van der Waals surface area contributed by atoms with Gasteiger partial charge in [-0.05, 0) is 77.4 Å². The third kappa shape index (κ3) is 8.10. The fourth-order valence-corrected chi connectivity index (χ4v) is 4.39. The lowest BCUT2D eigenvalue weighted by atomic mass is 10.0. The van der Waals surface area contributed by atoms with Crippen LogP contribution in [-0.2, 0) is 17.9 Å². The smallest absolute Gasteiger partial charge is 0.252 e. The number of amides is 3. The number of nitrogens with one attached hydrogen (secondary N) is 2. The molecule has 220 valence electrons. The van der Waals surface area contributed by atoms with E-state index in [1.54, 1.807) is 72.8 Å². The predicted molar refractivity (Wildman–Crippen MR) is 167 cm³/mol. The molecule has 5 aromatic carbocycles. The van der Waals surface area contributed by atoms with Crippen LogP contribution in [0.4, 0.5) is 0 Å². The Bertz CT molecular complexity index is 1690. The molecule has 8 heteroatoms. The summed E-state index contributed by atoms with van der Waals surface area (Å²) in [5.41, 5.74) is 8.45. The van der Waals surface area contributed by atoms with Crippen molar-refractivity contribution >= 4 is 17.7 Å². The van der Waals surface area contributed by atoms with Crippen LogP contribution in [0.5, 0.6) is 17.2 Å². The van der Waals surface area contributed by atoms with Gasteiger partial charge in [0.05, 0.1) is 0 Å². The zero-order chi connectivity index (χ0) is 30.7. The Morgan fingerprint density at radius 1 is 0.614 bits per heavy atom. The van der Waals surface area contributed by atoms with Gasteiger partial charge in [0.25, 0.3) is 5.91 Å². The fourth-order valence-electron chi connectivity index (χ4n) is 4.39. The highest BCUT2D eigenvalue weighted by Gasteiger charge is 2.23. The van der Waals surface area contributed by atoms with Crippen LogP contribution in [0.2, 0.25) is 0 Å². The van der Waals surface area contributed by atoms with Crippen molar-refractivity contribution in [2.75, 3.05) is 0 Å². The van der Waals surface area contributed by atoms with Gasteiger partial charge >= 0.3 is 0 Å². The lowest BCUT2D eigenvalue weighted by molar-refractivity contribution is -0.123. The van der Waals surface area contributed by atoms with Crippen molar-refractivity contribution in [2.45, 2.75) is 19.2 Å². The van der Waals surface area contributed by atoms with Crippen LogP contribution in [-0.4, -0.2) is 17.7 Å². The van der Waals surface area contributed by atoms with Crippen molar-refractivity contribution in [1.29, 1.82) is 0 Å². The van der Waals surface area contributed by atoms with Gasteiger partial charge in [0.1, 0.15) is 29.9 Å². The summed E-state index contributed by atoms with van der Waals surface area (Å²) < 4.78 is 11.7. The Hall–Kier alpha value is -5.89. The van der Waals surface area contributed by atoms with E-state index in [2.05, 4.69) is 10.6 Å². The first-order valence-electron chi connectivity index (χ1n) is 14.0. The molecule has 0 fully saturated rings. The van der Waals surface area contributed by atoms with Crippen molar-refractivity contribution in [3.05, 3.63) is 161 Å². The zero-order valence-electron chi connectivity index (χ0n) is 23.8. The third-order valence-corrected chi connectivity index (χ3v) is 6.80. The van der Waals surface area contributed by atoms with Crippen LogP contribution >= 0.6 is 0 Å². The van der Waals surface area contributed by atoms with Crippen molar-refractivity contribution in [3.63, 3.8) is 0 Å². The molecule has 1 atom stereocenters. The largest absolute Gasteiger partial charge is 0.489 e. The van der Waals surface area contributed by atoms with E-state index in [1.165, 1.54) is 0 Å². The molecule has 0 aromatic heterocycles. The molecule has 0 aliphatic heterocycles. The van der Waals surface area contributed by atoms with Gasteiger partial charge in [0.2, 0.25) is 11.8 Å². The molecule has 0 saturated heterocycles. The minimum atomic E-state index is -0.990. The minimum absolute atomic E-state index is 0.189. The topological polar surface area (TPSA) is 120 Å². The quantitative estimate of drug-likeness (QED) is 0.167. The Labute approximate surface area is 255 Å². The summed E-state index contributed by atoms with van der Waals surface area (Å²) in [5, 5.41) is 5.74. The molecule has 0 saturated carbocycles. The summed E-state index contributed by atoms with van der Waals surface area (Å²) in [7, 11) is 0. The highest BCUT2D eigenvalue weighted by Crippen LogP contribution is 2.23. The molecule has 5 rings (SSSR count). The Balaban J connectivity index is 1.29. The van der Waals surface area contributed by atoms with Crippen LogP contribution < -0.4 is 25.8 Å². The molecule has 3 amide bonds. The third-order valence-electron chi connectivity index (χ3n) is 6.80. The van der Waals surface area contributed by atoms with Gasteiger partial charge < -0.3 is 25.8 Å². The number of nitrogens with two attached hydrogens (primary N) is 1. The van der Waals surface area contributed by atoms with Crippen LogP contribution in [0.15, 0.2) is 133 Å². The van der Waals surface area contributed by atoms with Gasteiger partial charge in [-0.2, -0.15) is 0 Å². The first kappa shape index (κ1) is 29.6. The van der Waals surface area contributed by atoms with E-state index in [-0.39, 0.29) is 6.54 Å². The van der Waals surface area contributed by atoms with Crippen LogP contribution in [0.3, 0.4) is 0 Å². The van der Waals surface area contributed by atoms with Crippen LogP contribution in [0, 0.1) is 0 Å². The Morgan fingerprint density at radius 3 is 1.82 bits per heavy atom. The average Bonchev–Trinajstić information content (AvgIpc) is 3.07. The molecule has 44 heavy (non-hydrogen) atoms. The number of benzene rings is 5. The molecular weight excluding hydrogens is 554 g/mol. The standard InChI is InChI=1S/C36H31N3O5/c37-34(40)28-13-11-25(12-14-28)23-38-36(42)33(27-15-19-30(20-16-27)43-24-26-7-3-1-4-8-26)39-35(41)29-17-21-32(22-18-29)44-31-9-5-2-6-10-31/h1-22,33H,23-24H2,(H2,37,40)(H,38,42)(H,39,41)/t33-/m0/s1. The number of carbonyl (C=O) groups is 3. The summed E-state index contributed by atoms with van der Waals surface area (Å²) in [5.74, 6) is 0.536. The van der Waals surface area contributed by atoms with Crippen molar-refractivity contribution < 1.29 is 23.9 Å². The predicted octanol–water partition coefficient (Wildman–Crippen LogP) is 5.94. The Kier molecular flexibility index (Phi) is 9.64. The summed E-state index contributed by atoms with van der Waals surface area (Å²) >= 11 is 0. The SMILES string of the molecule is NC(=O)c1ccc(CNC(=O)[C@@H](NC(=O)c2ccc(Oc3ccccc3)cc2)c2ccc(OCc3ccccc3)cc2)cc1. The van der Waals surface area contributed by atoms with E-state index >= 15 is 0 Å². The molecule has 0 bridgehead atoms. The number of rotatable bonds is 12.